The number of carboxylic acid groups (broad SMARTS) is 1. The number of halogens is 1. The van der Waals surface area contributed by atoms with Gasteiger partial charge in [-0.1, -0.05) is 24.6 Å². The molecule has 0 amide bonds. The van der Waals surface area contributed by atoms with Gasteiger partial charge >= 0.3 is 5.97 Å². The van der Waals surface area contributed by atoms with E-state index in [0.717, 1.165) is 0 Å². The summed E-state index contributed by atoms with van der Waals surface area (Å²) >= 11 is 7.42. The SMILES string of the molecule is CCC1Oc2c(C(=O)c3cccs3)cc(Cl)cc2C1C(=O)O. The fraction of sp³-hybridized carbons (Fsp3) is 0.250. The average molecular weight is 337 g/mol. The van der Waals surface area contributed by atoms with Crippen LogP contribution in [0, 0.1) is 0 Å². The van der Waals surface area contributed by atoms with Gasteiger partial charge < -0.3 is 9.84 Å². The van der Waals surface area contributed by atoms with Crippen LogP contribution in [-0.2, 0) is 4.79 Å². The molecule has 1 N–H and O–H groups in total. The molecule has 2 heterocycles. The Morgan fingerprint density at radius 1 is 1.41 bits per heavy atom. The lowest BCUT2D eigenvalue weighted by Gasteiger charge is -2.12. The number of hydrogen-bond acceptors (Lipinski definition) is 4. The first kappa shape index (κ1) is 15.1. The quantitative estimate of drug-likeness (QED) is 0.858. The number of aliphatic carboxylic acids is 1. The third kappa shape index (κ3) is 2.40. The molecule has 6 heteroatoms. The largest absolute Gasteiger partial charge is 0.488 e. The van der Waals surface area contributed by atoms with Crippen molar-refractivity contribution in [3.8, 4) is 5.75 Å². The summed E-state index contributed by atoms with van der Waals surface area (Å²) in [6, 6.07) is 6.63. The number of hydrogen-bond donors (Lipinski definition) is 1. The summed E-state index contributed by atoms with van der Waals surface area (Å²) in [5, 5.41) is 11.6. The number of benzene rings is 1. The number of carboxylic acids is 1. The third-order valence-corrected chi connectivity index (χ3v) is 4.80. The van der Waals surface area contributed by atoms with E-state index in [2.05, 4.69) is 0 Å². The molecule has 1 aliphatic heterocycles. The highest BCUT2D eigenvalue weighted by Crippen LogP contribution is 2.44. The summed E-state index contributed by atoms with van der Waals surface area (Å²) in [4.78, 5) is 24.7. The van der Waals surface area contributed by atoms with Crippen molar-refractivity contribution < 1.29 is 19.4 Å². The van der Waals surface area contributed by atoms with Crippen LogP contribution in [0.4, 0.5) is 0 Å². The highest BCUT2D eigenvalue weighted by Gasteiger charge is 2.41. The number of ether oxygens (including phenoxy) is 1. The van der Waals surface area contributed by atoms with Gasteiger partial charge in [-0.15, -0.1) is 11.3 Å². The predicted octanol–water partition coefficient (Wildman–Crippen LogP) is 3.97. The first-order chi connectivity index (χ1) is 10.5. The minimum atomic E-state index is -0.970. The Bertz CT molecular complexity index is 739. The van der Waals surface area contributed by atoms with Crippen molar-refractivity contribution >= 4 is 34.7 Å². The van der Waals surface area contributed by atoms with Gasteiger partial charge in [0.15, 0.2) is 0 Å². The fourth-order valence-corrected chi connectivity index (χ4v) is 3.62. The number of thiophene rings is 1. The zero-order valence-corrected chi connectivity index (χ0v) is 13.3. The monoisotopic (exact) mass is 336 g/mol. The molecular formula is C16H13ClO4S. The number of carbonyl (C=O) groups is 2. The molecule has 114 valence electrons. The zero-order chi connectivity index (χ0) is 15.9. The Labute approximate surface area is 136 Å². The number of fused-ring (bicyclic) bond motifs is 1. The summed E-state index contributed by atoms with van der Waals surface area (Å²) in [6.45, 7) is 1.86. The van der Waals surface area contributed by atoms with Gasteiger partial charge in [0, 0.05) is 10.6 Å². The Kier molecular flexibility index (Phi) is 3.93. The van der Waals surface area contributed by atoms with Crippen LogP contribution < -0.4 is 4.74 Å². The van der Waals surface area contributed by atoms with Crippen molar-refractivity contribution in [2.24, 2.45) is 0 Å². The highest BCUT2D eigenvalue weighted by molar-refractivity contribution is 7.12. The van der Waals surface area contributed by atoms with Crippen LogP contribution >= 0.6 is 22.9 Å². The Hall–Kier alpha value is -1.85. The first-order valence-corrected chi connectivity index (χ1v) is 8.09. The van der Waals surface area contributed by atoms with Crippen molar-refractivity contribution in [1.82, 2.24) is 0 Å². The molecule has 1 aliphatic rings. The maximum atomic E-state index is 12.6. The Balaban J connectivity index is 2.14. The van der Waals surface area contributed by atoms with Gasteiger partial charge in [-0.25, -0.2) is 0 Å². The van der Waals surface area contributed by atoms with Crippen LogP contribution in [0.1, 0.15) is 40.1 Å². The van der Waals surface area contributed by atoms with E-state index in [0.29, 0.717) is 33.2 Å². The summed E-state index contributed by atoms with van der Waals surface area (Å²) in [7, 11) is 0. The maximum absolute atomic E-state index is 12.6. The lowest BCUT2D eigenvalue weighted by Crippen LogP contribution is -2.24. The zero-order valence-electron chi connectivity index (χ0n) is 11.7. The molecule has 0 radical (unpaired) electrons. The molecule has 1 aromatic carbocycles. The smallest absolute Gasteiger partial charge is 0.314 e. The van der Waals surface area contributed by atoms with Gasteiger partial charge in [0.25, 0.3) is 0 Å². The molecule has 0 spiro atoms. The van der Waals surface area contributed by atoms with E-state index in [4.69, 9.17) is 16.3 Å². The van der Waals surface area contributed by atoms with Gasteiger partial charge in [-0.05, 0) is 30.0 Å². The van der Waals surface area contributed by atoms with Crippen molar-refractivity contribution in [2.75, 3.05) is 0 Å². The predicted molar refractivity (Wildman–Crippen MR) is 84.3 cm³/mol. The lowest BCUT2D eigenvalue weighted by molar-refractivity contribution is -0.140. The molecule has 3 rings (SSSR count). The molecule has 0 saturated heterocycles. The Morgan fingerprint density at radius 3 is 2.77 bits per heavy atom. The topological polar surface area (TPSA) is 63.6 Å². The minimum absolute atomic E-state index is 0.199. The summed E-state index contributed by atoms with van der Waals surface area (Å²) in [5.74, 6) is -1.62. The average Bonchev–Trinajstić information content (AvgIpc) is 3.12. The normalized spacial score (nSPS) is 19.5. The van der Waals surface area contributed by atoms with Gasteiger partial charge in [0.1, 0.15) is 17.8 Å². The summed E-state index contributed by atoms with van der Waals surface area (Å²) in [5.41, 5.74) is 0.805. The Morgan fingerprint density at radius 2 is 2.18 bits per heavy atom. The van der Waals surface area contributed by atoms with E-state index in [-0.39, 0.29) is 5.78 Å². The first-order valence-electron chi connectivity index (χ1n) is 6.84. The second kappa shape index (κ2) is 5.74. The van der Waals surface area contributed by atoms with Crippen LogP contribution in [-0.4, -0.2) is 23.0 Å². The van der Waals surface area contributed by atoms with E-state index in [1.165, 1.54) is 11.3 Å². The molecule has 0 saturated carbocycles. The highest BCUT2D eigenvalue weighted by atomic mass is 35.5. The van der Waals surface area contributed by atoms with Gasteiger partial charge in [0.2, 0.25) is 5.78 Å². The molecule has 0 bridgehead atoms. The van der Waals surface area contributed by atoms with Crippen LogP contribution in [0.15, 0.2) is 29.6 Å². The van der Waals surface area contributed by atoms with Crippen molar-refractivity contribution in [3.63, 3.8) is 0 Å². The van der Waals surface area contributed by atoms with Crippen LogP contribution in [0.3, 0.4) is 0 Å². The van der Waals surface area contributed by atoms with Crippen LogP contribution in [0.25, 0.3) is 0 Å². The molecule has 1 aromatic heterocycles. The second-order valence-corrected chi connectivity index (χ2v) is 6.44. The standard InChI is InChI=1S/C16H13ClO4S/c1-2-11-13(16(19)20)9-6-8(17)7-10(15(9)21-11)14(18)12-4-3-5-22-12/h3-7,11,13H,2H2,1H3,(H,19,20). The summed E-state index contributed by atoms with van der Waals surface area (Å²) in [6.07, 6.45) is 0.0523. The molecular weight excluding hydrogens is 324 g/mol. The number of carbonyl (C=O) groups excluding carboxylic acids is 1. The van der Waals surface area contributed by atoms with E-state index in [9.17, 15) is 14.7 Å². The van der Waals surface area contributed by atoms with Crippen LogP contribution in [0.2, 0.25) is 5.02 Å². The van der Waals surface area contributed by atoms with E-state index >= 15 is 0 Å². The molecule has 22 heavy (non-hydrogen) atoms. The van der Waals surface area contributed by atoms with E-state index < -0.39 is 18.0 Å². The summed E-state index contributed by atoms with van der Waals surface area (Å²) < 4.78 is 5.78. The second-order valence-electron chi connectivity index (χ2n) is 5.06. The van der Waals surface area contributed by atoms with Crippen LogP contribution in [0.5, 0.6) is 5.75 Å². The van der Waals surface area contributed by atoms with E-state index in [1.54, 1.807) is 24.3 Å². The molecule has 2 unspecified atom stereocenters. The fourth-order valence-electron chi connectivity index (χ4n) is 2.72. The van der Waals surface area contributed by atoms with Crippen molar-refractivity contribution in [3.05, 3.63) is 50.7 Å². The number of rotatable bonds is 4. The van der Waals surface area contributed by atoms with Crippen molar-refractivity contribution in [2.45, 2.75) is 25.4 Å². The molecule has 0 fully saturated rings. The molecule has 4 nitrogen and oxygen atoms in total. The van der Waals surface area contributed by atoms with Gasteiger partial charge in [0.05, 0.1) is 10.4 Å². The van der Waals surface area contributed by atoms with Crippen molar-refractivity contribution in [1.29, 1.82) is 0 Å². The molecule has 2 aromatic rings. The molecule has 2 atom stereocenters. The van der Waals surface area contributed by atoms with Gasteiger partial charge in [-0.3, -0.25) is 9.59 Å². The lowest BCUT2D eigenvalue weighted by atomic mass is 9.92. The molecule has 0 aliphatic carbocycles. The van der Waals surface area contributed by atoms with Gasteiger partial charge in [-0.2, -0.15) is 0 Å². The minimum Gasteiger partial charge on any atom is -0.488 e. The maximum Gasteiger partial charge on any atom is 0.314 e. The third-order valence-electron chi connectivity index (χ3n) is 3.72. The number of ketones is 1. The van der Waals surface area contributed by atoms with E-state index in [1.807, 2.05) is 12.3 Å².